The van der Waals surface area contributed by atoms with Gasteiger partial charge in [0.05, 0.1) is 11.4 Å². The number of carbonyl (C=O) groups is 1. The molecule has 0 spiro atoms. The van der Waals surface area contributed by atoms with Gasteiger partial charge in [-0.25, -0.2) is 8.42 Å². The number of sulfonamides is 1. The Kier molecular flexibility index (Phi) is 4.55. The molecule has 7 nitrogen and oxygen atoms in total. The van der Waals surface area contributed by atoms with Crippen LogP contribution in [0.5, 0.6) is 0 Å². The number of hydrogen-bond donors (Lipinski definition) is 1. The third kappa shape index (κ3) is 3.27. The number of anilines is 2. The zero-order valence-electron chi connectivity index (χ0n) is 13.4. The van der Waals surface area contributed by atoms with E-state index in [2.05, 4.69) is 15.5 Å². The summed E-state index contributed by atoms with van der Waals surface area (Å²) in [5.74, 6) is -0.104. The monoisotopic (exact) mass is 366 g/mol. The van der Waals surface area contributed by atoms with E-state index in [0.717, 1.165) is 11.4 Å². The third-order valence-corrected chi connectivity index (χ3v) is 6.68. The summed E-state index contributed by atoms with van der Waals surface area (Å²) in [6.07, 6.45) is 1.39. The van der Waals surface area contributed by atoms with Crippen molar-refractivity contribution < 1.29 is 13.2 Å². The molecule has 0 saturated carbocycles. The van der Waals surface area contributed by atoms with Crippen molar-refractivity contribution in [1.29, 1.82) is 0 Å². The lowest BCUT2D eigenvalue weighted by Gasteiger charge is -2.18. The van der Waals surface area contributed by atoms with Crippen molar-refractivity contribution in [2.45, 2.75) is 26.7 Å². The number of carbonyl (C=O) groups excluding carboxylic acids is 1. The first-order valence-corrected chi connectivity index (χ1v) is 10.1. The van der Waals surface area contributed by atoms with E-state index in [1.165, 1.54) is 15.6 Å². The molecule has 1 aromatic heterocycles. The van der Waals surface area contributed by atoms with E-state index in [1.54, 1.807) is 25.1 Å². The van der Waals surface area contributed by atoms with Crippen LogP contribution in [-0.4, -0.2) is 36.8 Å². The van der Waals surface area contributed by atoms with Crippen LogP contribution in [0.3, 0.4) is 0 Å². The molecular weight excluding hydrogens is 348 g/mol. The Hall–Kier alpha value is -2.00. The van der Waals surface area contributed by atoms with Crippen LogP contribution in [-0.2, 0) is 16.4 Å². The largest absolute Gasteiger partial charge is 0.296 e. The van der Waals surface area contributed by atoms with Crippen LogP contribution in [0.4, 0.5) is 10.8 Å². The Labute approximate surface area is 144 Å². The van der Waals surface area contributed by atoms with Gasteiger partial charge in [-0.1, -0.05) is 18.3 Å². The van der Waals surface area contributed by atoms with Crippen molar-refractivity contribution in [3.8, 4) is 0 Å². The van der Waals surface area contributed by atoms with Gasteiger partial charge in [-0.3, -0.25) is 14.4 Å². The minimum Gasteiger partial charge on any atom is -0.296 e. The van der Waals surface area contributed by atoms with Crippen molar-refractivity contribution in [3.63, 3.8) is 0 Å². The lowest BCUT2D eigenvalue weighted by molar-refractivity contribution is 0.102. The first kappa shape index (κ1) is 16.8. The number of rotatable bonds is 4. The van der Waals surface area contributed by atoms with Gasteiger partial charge in [-0.05, 0) is 43.5 Å². The van der Waals surface area contributed by atoms with Gasteiger partial charge in [0, 0.05) is 12.1 Å². The Morgan fingerprint density at radius 1 is 1.38 bits per heavy atom. The number of hydrogen-bond acceptors (Lipinski definition) is 6. The fourth-order valence-corrected chi connectivity index (χ4v) is 4.83. The molecule has 1 saturated heterocycles. The average molecular weight is 366 g/mol. The molecule has 1 aliphatic rings. The zero-order chi connectivity index (χ0) is 17.3. The van der Waals surface area contributed by atoms with Crippen LogP contribution < -0.4 is 9.62 Å². The number of aromatic nitrogens is 2. The Morgan fingerprint density at radius 2 is 2.17 bits per heavy atom. The lowest BCUT2D eigenvalue weighted by Crippen LogP contribution is -2.25. The van der Waals surface area contributed by atoms with Crippen LogP contribution in [0.25, 0.3) is 0 Å². The number of amides is 1. The summed E-state index contributed by atoms with van der Waals surface area (Å²) in [4.78, 5) is 12.4. The van der Waals surface area contributed by atoms with Gasteiger partial charge >= 0.3 is 0 Å². The summed E-state index contributed by atoms with van der Waals surface area (Å²) in [5.41, 5.74) is 1.81. The van der Waals surface area contributed by atoms with E-state index in [1.807, 2.05) is 6.92 Å². The highest BCUT2D eigenvalue weighted by Gasteiger charge is 2.28. The van der Waals surface area contributed by atoms with E-state index < -0.39 is 10.0 Å². The Bertz CT molecular complexity index is 877. The van der Waals surface area contributed by atoms with Gasteiger partial charge in [-0.15, -0.1) is 10.2 Å². The molecule has 0 bridgehead atoms. The number of nitrogens with one attached hydrogen (secondary N) is 1. The van der Waals surface area contributed by atoms with Crippen LogP contribution in [0.1, 0.15) is 34.3 Å². The molecule has 24 heavy (non-hydrogen) atoms. The SMILES string of the molecule is CCc1nnc(NC(=O)c2ccc(N3CCCS3(=O)=O)cc2C)s1. The first-order valence-electron chi connectivity index (χ1n) is 7.65. The molecule has 0 radical (unpaired) electrons. The maximum Gasteiger partial charge on any atom is 0.257 e. The summed E-state index contributed by atoms with van der Waals surface area (Å²) in [6.45, 7) is 4.25. The molecule has 1 N–H and O–H groups in total. The van der Waals surface area contributed by atoms with E-state index in [-0.39, 0.29) is 11.7 Å². The highest BCUT2D eigenvalue weighted by atomic mass is 32.2. The number of benzene rings is 1. The average Bonchev–Trinajstić information content (AvgIpc) is 3.12. The summed E-state index contributed by atoms with van der Waals surface area (Å²) in [6, 6.07) is 5.05. The fraction of sp³-hybridized carbons (Fsp3) is 0.400. The van der Waals surface area contributed by atoms with E-state index in [0.29, 0.717) is 34.9 Å². The molecule has 0 aliphatic carbocycles. The molecule has 9 heteroatoms. The topological polar surface area (TPSA) is 92.3 Å². The zero-order valence-corrected chi connectivity index (χ0v) is 15.1. The predicted molar refractivity (Wildman–Crippen MR) is 94.2 cm³/mol. The molecule has 3 rings (SSSR count). The summed E-state index contributed by atoms with van der Waals surface area (Å²) in [7, 11) is -3.22. The van der Waals surface area contributed by atoms with Crippen molar-refractivity contribution in [2.75, 3.05) is 21.9 Å². The van der Waals surface area contributed by atoms with Crippen LogP contribution in [0, 0.1) is 6.92 Å². The van der Waals surface area contributed by atoms with Crippen LogP contribution in [0.2, 0.25) is 0 Å². The van der Waals surface area contributed by atoms with Gasteiger partial charge in [0.2, 0.25) is 15.2 Å². The van der Waals surface area contributed by atoms with Crippen molar-refractivity contribution in [2.24, 2.45) is 0 Å². The predicted octanol–water partition coefficient (Wildman–Crippen LogP) is 2.20. The minimum absolute atomic E-state index is 0.172. The van der Waals surface area contributed by atoms with Crippen molar-refractivity contribution in [3.05, 3.63) is 34.3 Å². The van der Waals surface area contributed by atoms with E-state index in [4.69, 9.17) is 0 Å². The molecule has 0 unspecified atom stereocenters. The molecular formula is C15H18N4O3S2. The number of aryl methyl sites for hydroxylation is 2. The van der Waals surface area contributed by atoms with Crippen LogP contribution >= 0.6 is 11.3 Å². The highest BCUT2D eigenvalue weighted by Crippen LogP contribution is 2.26. The Morgan fingerprint density at radius 3 is 2.75 bits per heavy atom. The molecule has 2 aromatic rings. The second-order valence-electron chi connectivity index (χ2n) is 5.55. The molecule has 0 atom stereocenters. The second kappa shape index (κ2) is 6.48. The molecule has 128 valence electrons. The quantitative estimate of drug-likeness (QED) is 0.895. The normalized spacial score (nSPS) is 16.3. The summed E-state index contributed by atoms with van der Waals surface area (Å²) in [5, 5.41) is 11.9. The standard InChI is InChI=1S/C15H18N4O3S2/c1-3-13-17-18-15(23-13)16-14(20)12-6-5-11(9-10(12)2)19-7-4-8-24(19,21)22/h5-6,9H,3-4,7-8H2,1-2H3,(H,16,18,20). The van der Waals surface area contributed by atoms with E-state index in [9.17, 15) is 13.2 Å². The van der Waals surface area contributed by atoms with E-state index >= 15 is 0 Å². The number of nitrogens with zero attached hydrogens (tertiary/aromatic N) is 3. The maximum atomic E-state index is 12.4. The van der Waals surface area contributed by atoms with Crippen molar-refractivity contribution in [1.82, 2.24) is 10.2 Å². The maximum absolute atomic E-state index is 12.4. The van der Waals surface area contributed by atoms with Gasteiger partial charge in [-0.2, -0.15) is 0 Å². The summed E-state index contributed by atoms with van der Waals surface area (Å²) < 4.78 is 25.4. The molecule has 2 heterocycles. The second-order valence-corrected chi connectivity index (χ2v) is 8.62. The minimum atomic E-state index is -3.22. The molecule has 1 aliphatic heterocycles. The molecule has 1 fully saturated rings. The molecule has 1 amide bonds. The van der Waals surface area contributed by atoms with Gasteiger partial charge < -0.3 is 0 Å². The summed E-state index contributed by atoms with van der Waals surface area (Å²) >= 11 is 1.34. The van der Waals surface area contributed by atoms with Crippen LogP contribution in [0.15, 0.2) is 18.2 Å². The lowest BCUT2D eigenvalue weighted by atomic mass is 10.1. The fourth-order valence-electron chi connectivity index (χ4n) is 2.60. The van der Waals surface area contributed by atoms with Gasteiger partial charge in [0.25, 0.3) is 5.91 Å². The van der Waals surface area contributed by atoms with Crippen molar-refractivity contribution >= 4 is 38.1 Å². The smallest absolute Gasteiger partial charge is 0.257 e. The Balaban J connectivity index is 1.80. The molecule has 1 aromatic carbocycles. The highest BCUT2D eigenvalue weighted by molar-refractivity contribution is 7.93. The third-order valence-electron chi connectivity index (χ3n) is 3.83. The van der Waals surface area contributed by atoms with Gasteiger partial charge in [0.15, 0.2) is 0 Å². The first-order chi connectivity index (χ1) is 11.4. The van der Waals surface area contributed by atoms with Gasteiger partial charge in [0.1, 0.15) is 5.01 Å².